The highest BCUT2D eigenvalue weighted by Crippen LogP contribution is 2.16. The zero-order valence-corrected chi connectivity index (χ0v) is 17.1. The van der Waals surface area contributed by atoms with E-state index in [0.29, 0.717) is 44.1 Å². The monoisotopic (exact) mass is 409 g/mol. The fourth-order valence-corrected chi connectivity index (χ4v) is 3.07. The molecule has 2 N–H and O–H groups in total. The largest absolute Gasteiger partial charge is 0.395 e. The molecule has 0 atom stereocenters. The molecule has 0 saturated carbocycles. The summed E-state index contributed by atoms with van der Waals surface area (Å²) in [5, 5.41) is 11.8. The van der Waals surface area contributed by atoms with Crippen molar-refractivity contribution >= 4 is 29.3 Å². The number of benzene rings is 2. The molecule has 3 rings (SSSR count). The summed E-state index contributed by atoms with van der Waals surface area (Å²) in [5.74, 6) is -0.109. The van der Waals surface area contributed by atoms with E-state index in [1.165, 1.54) is 6.08 Å². The van der Waals surface area contributed by atoms with Gasteiger partial charge in [0.1, 0.15) is 0 Å². The van der Waals surface area contributed by atoms with Gasteiger partial charge in [-0.1, -0.05) is 18.2 Å². The fraction of sp³-hybridized carbons (Fsp3) is 0.304. The maximum Gasteiger partial charge on any atom is 0.321 e. The molecule has 0 spiro atoms. The van der Waals surface area contributed by atoms with Crippen LogP contribution < -0.4 is 10.2 Å². The summed E-state index contributed by atoms with van der Waals surface area (Å²) in [6.45, 7) is 2.92. The summed E-state index contributed by atoms with van der Waals surface area (Å²) < 4.78 is 5.25. The van der Waals surface area contributed by atoms with E-state index in [0.717, 1.165) is 11.3 Å². The zero-order valence-electron chi connectivity index (χ0n) is 17.1. The number of nitrogens with one attached hydrogen (secondary N) is 1. The van der Waals surface area contributed by atoms with Gasteiger partial charge in [-0.2, -0.15) is 0 Å². The summed E-state index contributed by atoms with van der Waals surface area (Å²) in [5.41, 5.74) is 3.12. The van der Waals surface area contributed by atoms with Crippen LogP contribution in [-0.2, 0) is 4.74 Å². The Balaban J connectivity index is 1.55. The van der Waals surface area contributed by atoms with Crippen LogP contribution in [0.1, 0.15) is 15.9 Å². The van der Waals surface area contributed by atoms with E-state index < -0.39 is 0 Å². The lowest BCUT2D eigenvalue weighted by Gasteiger charge is -2.26. The molecule has 0 aliphatic carbocycles. The molecule has 30 heavy (non-hydrogen) atoms. The molecule has 7 nitrogen and oxygen atoms in total. The first kappa shape index (κ1) is 21.5. The van der Waals surface area contributed by atoms with Crippen molar-refractivity contribution < 1.29 is 19.4 Å². The number of aliphatic hydroxyl groups is 1. The number of ether oxygens (including phenoxy) is 1. The van der Waals surface area contributed by atoms with Gasteiger partial charge in [0.25, 0.3) is 0 Å². The van der Waals surface area contributed by atoms with Gasteiger partial charge in [-0.15, -0.1) is 0 Å². The first-order valence-electron chi connectivity index (χ1n) is 9.95. The molecule has 1 fully saturated rings. The molecule has 2 aromatic carbocycles. The maximum atomic E-state index is 12.4. The number of hydrogen-bond acceptors (Lipinski definition) is 5. The predicted octanol–water partition coefficient (Wildman–Crippen LogP) is 2.88. The molecule has 1 saturated heterocycles. The second-order valence-corrected chi connectivity index (χ2v) is 7.04. The summed E-state index contributed by atoms with van der Waals surface area (Å²) in [6, 6.07) is 14.5. The van der Waals surface area contributed by atoms with Crippen molar-refractivity contribution in [3.8, 4) is 0 Å². The van der Waals surface area contributed by atoms with E-state index in [4.69, 9.17) is 9.84 Å². The molecule has 1 aliphatic rings. The topological polar surface area (TPSA) is 82.1 Å². The fourth-order valence-electron chi connectivity index (χ4n) is 3.07. The van der Waals surface area contributed by atoms with Crippen LogP contribution in [0.4, 0.5) is 16.2 Å². The highest BCUT2D eigenvalue weighted by molar-refractivity contribution is 6.07. The lowest BCUT2D eigenvalue weighted by atomic mass is 10.1. The predicted molar refractivity (Wildman–Crippen MR) is 118 cm³/mol. The Morgan fingerprint density at radius 3 is 2.40 bits per heavy atom. The van der Waals surface area contributed by atoms with Crippen LogP contribution in [0.15, 0.2) is 54.6 Å². The lowest BCUT2D eigenvalue weighted by molar-refractivity contribution is 0.0564. The molecular weight excluding hydrogens is 382 g/mol. The van der Waals surface area contributed by atoms with Crippen molar-refractivity contribution in [3.05, 3.63) is 65.7 Å². The molecule has 0 aromatic heterocycles. The molecule has 1 aliphatic heterocycles. The van der Waals surface area contributed by atoms with Crippen LogP contribution in [0, 0.1) is 0 Å². The average molecular weight is 409 g/mol. The number of carbonyl (C=O) groups is 2. The van der Waals surface area contributed by atoms with Gasteiger partial charge in [-0.25, -0.2) is 4.79 Å². The molecule has 0 radical (unpaired) electrons. The van der Waals surface area contributed by atoms with Crippen molar-refractivity contribution in [2.45, 2.75) is 0 Å². The number of amides is 2. The Morgan fingerprint density at radius 2 is 1.77 bits per heavy atom. The third-order valence-corrected chi connectivity index (χ3v) is 4.92. The number of nitrogens with zero attached hydrogens (tertiary/aromatic N) is 2. The van der Waals surface area contributed by atoms with Gasteiger partial charge in [-0.3, -0.25) is 4.79 Å². The number of likely N-dealkylation sites (N-methyl/N-ethyl adjacent to an activating group) is 1. The van der Waals surface area contributed by atoms with E-state index in [-0.39, 0.29) is 18.4 Å². The molecule has 1 heterocycles. The minimum Gasteiger partial charge on any atom is -0.395 e. The summed E-state index contributed by atoms with van der Waals surface area (Å²) >= 11 is 0. The van der Waals surface area contributed by atoms with E-state index >= 15 is 0 Å². The van der Waals surface area contributed by atoms with Crippen molar-refractivity contribution in [2.75, 3.05) is 56.7 Å². The van der Waals surface area contributed by atoms with E-state index in [1.54, 1.807) is 35.2 Å². The first-order valence-corrected chi connectivity index (χ1v) is 9.95. The molecule has 7 heteroatoms. The normalized spacial score (nSPS) is 14.0. The Morgan fingerprint density at radius 1 is 1.10 bits per heavy atom. The number of aliphatic hydroxyl groups excluding tert-OH is 1. The number of ketones is 1. The standard InChI is InChI=1S/C23H27N3O4/c1-25(12-15-27)21-9-2-18(3-10-21)4-11-22(28)19-5-7-20(8-6-19)24-23(29)26-13-16-30-17-14-26/h2-11,27H,12-17H2,1H3,(H,24,29)/b11-4+. The summed E-state index contributed by atoms with van der Waals surface area (Å²) in [7, 11) is 1.91. The molecule has 2 amide bonds. The van der Waals surface area contributed by atoms with Crippen LogP contribution >= 0.6 is 0 Å². The number of rotatable bonds is 7. The first-order chi connectivity index (χ1) is 14.6. The van der Waals surface area contributed by atoms with Crippen molar-refractivity contribution in [3.63, 3.8) is 0 Å². The maximum absolute atomic E-state index is 12.4. The molecule has 0 bridgehead atoms. The minimum absolute atomic E-state index is 0.0995. The number of morpholine rings is 1. The van der Waals surface area contributed by atoms with Gasteiger partial charge in [0.2, 0.25) is 0 Å². The molecular formula is C23H27N3O4. The van der Waals surface area contributed by atoms with Crippen molar-refractivity contribution in [2.24, 2.45) is 0 Å². The van der Waals surface area contributed by atoms with E-state index in [2.05, 4.69) is 5.32 Å². The number of allylic oxidation sites excluding steroid dienone is 1. The van der Waals surface area contributed by atoms with Crippen LogP contribution in [0.2, 0.25) is 0 Å². The van der Waals surface area contributed by atoms with Crippen LogP contribution in [0.5, 0.6) is 0 Å². The zero-order chi connectivity index (χ0) is 21.3. The van der Waals surface area contributed by atoms with Crippen LogP contribution in [0.3, 0.4) is 0 Å². The number of carbonyl (C=O) groups excluding carboxylic acids is 2. The summed E-state index contributed by atoms with van der Waals surface area (Å²) in [6.07, 6.45) is 3.31. The van der Waals surface area contributed by atoms with Gasteiger partial charge >= 0.3 is 6.03 Å². The van der Waals surface area contributed by atoms with Gasteiger partial charge < -0.3 is 25.0 Å². The highest BCUT2D eigenvalue weighted by atomic mass is 16.5. The van der Waals surface area contributed by atoms with Crippen LogP contribution in [0.25, 0.3) is 6.08 Å². The minimum atomic E-state index is -0.162. The molecule has 2 aromatic rings. The molecule has 158 valence electrons. The van der Waals surface area contributed by atoms with Gasteiger partial charge in [0.05, 0.1) is 19.8 Å². The SMILES string of the molecule is CN(CCO)c1ccc(/C=C/C(=O)c2ccc(NC(=O)N3CCOCC3)cc2)cc1. The van der Waals surface area contributed by atoms with Gasteiger partial charge in [-0.05, 0) is 48.0 Å². The summed E-state index contributed by atoms with van der Waals surface area (Å²) in [4.78, 5) is 28.3. The lowest BCUT2D eigenvalue weighted by Crippen LogP contribution is -2.43. The van der Waals surface area contributed by atoms with Gasteiger partial charge in [0.15, 0.2) is 5.78 Å². The third-order valence-electron chi connectivity index (χ3n) is 4.92. The van der Waals surface area contributed by atoms with Crippen molar-refractivity contribution in [1.82, 2.24) is 4.90 Å². The van der Waals surface area contributed by atoms with E-state index in [1.807, 2.05) is 36.2 Å². The highest BCUT2D eigenvalue weighted by Gasteiger charge is 2.16. The smallest absolute Gasteiger partial charge is 0.321 e. The Hall–Kier alpha value is -3.16. The van der Waals surface area contributed by atoms with E-state index in [9.17, 15) is 9.59 Å². The Bertz CT molecular complexity index is 872. The van der Waals surface area contributed by atoms with Gasteiger partial charge in [0, 0.05) is 43.6 Å². The molecule has 0 unspecified atom stereocenters. The Kier molecular flexibility index (Phi) is 7.59. The second-order valence-electron chi connectivity index (χ2n) is 7.04. The quantitative estimate of drug-likeness (QED) is 0.543. The van der Waals surface area contributed by atoms with Crippen LogP contribution in [-0.4, -0.2) is 68.3 Å². The number of urea groups is 1. The van der Waals surface area contributed by atoms with Crippen molar-refractivity contribution in [1.29, 1.82) is 0 Å². The Labute approximate surface area is 176 Å². The average Bonchev–Trinajstić information content (AvgIpc) is 2.79. The second kappa shape index (κ2) is 10.6. The number of hydrogen-bond donors (Lipinski definition) is 2. The number of anilines is 2. The third kappa shape index (κ3) is 5.92.